The molecule has 7 nitrogen and oxygen atoms in total. The number of carbonyl (C=O) groups excluding carboxylic acids is 1. The third-order valence-corrected chi connectivity index (χ3v) is 3.59. The lowest BCUT2D eigenvalue weighted by Gasteiger charge is -2.32. The summed E-state index contributed by atoms with van der Waals surface area (Å²) >= 11 is 0. The number of nitrogens with one attached hydrogen (secondary N) is 2. The maximum Gasteiger partial charge on any atom is 0.270 e. The van der Waals surface area contributed by atoms with Crippen molar-refractivity contribution in [3.05, 3.63) is 24.3 Å². The Bertz CT molecular complexity index is 612. The molecule has 0 saturated carbocycles. The molecule has 1 aliphatic heterocycles. The van der Waals surface area contributed by atoms with Gasteiger partial charge in [0.2, 0.25) is 0 Å². The van der Waals surface area contributed by atoms with E-state index in [0.29, 0.717) is 24.5 Å². The van der Waals surface area contributed by atoms with E-state index in [-0.39, 0.29) is 11.9 Å². The number of ether oxygens (including phenoxy) is 1. The molecule has 0 aromatic carbocycles. The third-order valence-electron chi connectivity index (χ3n) is 3.59. The molecular weight excluding hydrogens is 258 g/mol. The first-order chi connectivity index (χ1) is 9.75. The highest BCUT2D eigenvalue weighted by Crippen LogP contribution is 2.12. The number of hydrogen-bond donors (Lipinski definition) is 2. The topological polar surface area (TPSA) is 83.1 Å². The van der Waals surface area contributed by atoms with Gasteiger partial charge in [0.1, 0.15) is 17.7 Å². The number of likely N-dealkylation sites (N-methyl/N-ethyl adjacent to an activating group) is 1. The van der Waals surface area contributed by atoms with Crippen LogP contribution in [0.2, 0.25) is 0 Å². The minimum absolute atomic E-state index is 0.184. The molecule has 0 radical (unpaired) electrons. The SMILES string of the molecule is CN1CCOCC1CNC(=O)c1ncnc2[nH]ccc12. The Morgan fingerprint density at radius 1 is 1.60 bits per heavy atom. The summed E-state index contributed by atoms with van der Waals surface area (Å²) in [6.45, 7) is 2.82. The van der Waals surface area contributed by atoms with Crippen molar-refractivity contribution in [1.29, 1.82) is 0 Å². The molecule has 1 atom stereocenters. The molecule has 2 N–H and O–H groups in total. The van der Waals surface area contributed by atoms with Crippen LogP contribution in [0.25, 0.3) is 11.0 Å². The molecule has 1 unspecified atom stereocenters. The predicted octanol–water partition coefficient (Wildman–Crippen LogP) is 0.0183. The maximum absolute atomic E-state index is 12.2. The van der Waals surface area contributed by atoms with E-state index in [1.807, 2.05) is 7.05 Å². The average Bonchev–Trinajstić information content (AvgIpc) is 2.94. The summed E-state index contributed by atoms with van der Waals surface area (Å²) in [6, 6.07) is 2.01. The molecule has 3 heterocycles. The second-order valence-corrected chi connectivity index (χ2v) is 4.88. The molecule has 3 rings (SSSR count). The molecule has 20 heavy (non-hydrogen) atoms. The van der Waals surface area contributed by atoms with E-state index in [4.69, 9.17) is 4.74 Å². The third kappa shape index (κ3) is 2.50. The Morgan fingerprint density at radius 3 is 3.35 bits per heavy atom. The van der Waals surface area contributed by atoms with Crippen molar-refractivity contribution < 1.29 is 9.53 Å². The van der Waals surface area contributed by atoms with Crippen molar-refractivity contribution in [3.63, 3.8) is 0 Å². The van der Waals surface area contributed by atoms with Crippen LogP contribution in [-0.4, -0.2) is 65.2 Å². The lowest BCUT2D eigenvalue weighted by atomic mass is 10.2. The molecule has 0 aliphatic carbocycles. The highest BCUT2D eigenvalue weighted by atomic mass is 16.5. The van der Waals surface area contributed by atoms with Crippen LogP contribution in [0.3, 0.4) is 0 Å². The fraction of sp³-hybridized carbons (Fsp3) is 0.462. The summed E-state index contributed by atoms with van der Waals surface area (Å²) in [5.41, 5.74) is 1.07. The number of amides is 1. The van der Waals surface area contributed by atoms with Crippen LogP contribution in [0.1, 0.15) is 10.5 Å². The van der Waals surface area contributed by atoms with Crippen molar-refractivity contribution in [2.75, 3.05) is 33.4 Å². The van der Waals surface area contributed by atoms with Crippen LogP contribution in [0.5, 0.6) is 0 Å². The summed E-state index contributed by atoms with van der Waals surface area (Å²) < 4.78 is 5.42. The van der Waals surface area contributed by atoms with E-state index in [1.54, 1.807) is 12.3 Å². The molecule has 0 bridgehead atoms. The number of fused-ring (bicyclic) bond motifs is 1. The lowest BCUT2D eigenvalue weighted by Crippen LogP contribution is -2.49. The van der Waals surface area contributed by atoms with Crippen LogP contribution >= 0.6 is 0 Å². The summed E-state index contributed by atoms with van der Waals surface area (Å²) in [4.78, 5) is 25.5. The molecule has 2 aromatic heterocycles. The van der Waals surface area contributed by atoms with Crippen molar-refractivity contribution >= 4 is 16.9 Å². The van der Waals surface area contributed by atoms with Gasteiger partial charge in [0.15, 0.2) is 0 Å². The van der Waals surface area contributed by atoms with Gasteiger partial charge in [-0.2, -0.15) is 0 Å². The minimum atomic E-state index is -0.184. The molecular formula is C13H17N5O2. The summed E-state index contributed by atoms with van der Waals surface area (Å²) in [5, 5.41) is 3.65. The highest BCUT2D eigenvalue weighted by molar-refractivity contribution is 6.03. The number of morpholine rings is 1. The first kappa shape index (κ1) is 13.0. The second kappa shape index (κ2) is 5.56. The average molecular weight is 275 g/mol. The van der Waals surface area contributed by atoms with Crippen LogP contribution in [0, 0.1) is 0 Å². The predicted molar refractivity (Wildman–Crippen MR) is 73.5 cm³/mol. The number of hydrogen-bond acceptors (Lipinski definition) is 5. The Balaban J connectivity index is 1.68. The fourth-order valence-corrected chi connectivity index (χ4v) is 2.30. The van der Waals surface area contributed by atoms with Crippen molar-refractivity contribution in [2.24, 2.45) is 0 Å². The quantitative estimate of drug-likeness (QED) is 0.825. The zero-order valence-electron chi connectivity index (χ0n) is 11.3. The fourth-order valence-electron chi connectivity index (χ4n) is 2.30. The Hall–Kier alpha value is -1.99. The first-order valence-corrected chi connectivity index (χ1v) is 6.60. The zero-order chi connectivity index (χ0) is 13.9. The number of rotatable bonds is 3. The van der Waals surface area contributed by atoms with Crippen molar-refractivity contribution in [1.82, 2.24) is 25.2 Å². The van der Waals surface area contributed by atoms with Crippen molar-refractivity contribution in [3.8, 4) is 0 Å². The number of nitrogens with zero attached hydrogens (tertiary/aromatic N) is 3. The van der Waals surface area contributed by atoms with E-state index >= 15 is 0 Å². The van der Waals surface area contributed by atoms with E-state index in [2.05, 4.69) is 25.2 Å². The van der Waals surface area contributed by atoms with Gasteiger partial charge < -0.3 is 15.0 Å². The molecule has 106 valence electrons. The van der Waals surface area contributed by atoms with Gasteiger partial charge in [-0.3, -0.25) is 9.69 Å². The van der Waals surface area contributed by atoms with Gasteiger partial charge in [0.25, 0.3) is 5.91 Å². The van der Waals surface area contributed by atoms with Gasteiger partial charge in [0, 0.05) is 19.3 Å². The van der Waals surface area contributed by atoms with Gasteiger partial charge in [-0.25, -0.2) is 9.97 Å². The van der Waals surface area contributed by atoms with E-state index < -0.39 is 0 Å². The normalized spacial score (nSPS) is 20.1. The Kier molecular flexibility index (Phi) is 3.62. The van der Waals surface area contributed by atoms with Crippen LogP contribution < -0.4 is 5.32 Å². The van der Waals surface area contributed by atoms with E-state index in [9.17, 15) is 4.79 Å². The van der Waals surface area contributed by atoms with Gasteiger partial charge >= 0.3 is 0 Å². The maximum atomic E-state index is 12.2. The molecule has 1 aliphatic rings. The Labute approximate surface area is 116 Å². The van der Waals surface area contributed by atoms with Crippen LogP contribution in [0.15, 0.2) is 18.6 Å². The largest absolute Gasteiger partial charge is 0.378 e. The minimum Gasteiger partial charge on any atom is -0.378 e. The van der Waals surface area contributed by atoms with Gasteiger partial charge in [-0.1, -0.05) is 0 Å². The molecule has 0 spiro atoms. The smallest absolute Gasteiger partial charge is 0.270 e. The highest BCUT2D eigenvalue weighted by Gasteiger charge is 2.21. The van der Waals surface area contributed by atoms with Gasteiger partial charge in [0.05, 0.1) is 24.6 Å². The summed E-state index contributed by atoms with van der Waals surface area (Å²) in [7, 11) is 2.04. The number of H-pyrrole nitrogens is 1. The Morgan fingerprint density at radius 2 is 2.50 bits per heavy atom. The van der Waals surface area contributed by atoms with Crippen LogP contribution in [-0.2, 0) is 4.74 Å². The number of carbonyl (C=O) groups is 1. The standard InChI is InChI=1S/C13H17N5O2/c1-18-4-5-20-7-9(18)6-15-13(19)11-10-2-3-14-12(10)17-8-16-11/h2-3,8-9H,4-7H2,1H3,(H,15,19)(H,14,16,17). The molecule has 1 amide bonds. The first-order valence-electron chi connectivity index (χ1n) is 6.60. The molecule has 1 saturated heterocycles. The van der Waals surface area contributed by atoms with E-state index in [0.717, 1.165) is 18.5 Å². The van der Waals surface area contributed by atoms with E-state index in [1.165, 1.54) is 6.33 Å². The summed E-state index contributed by atoms with van der Waals surface area (Å²) in [5.74, 6) is -0.184. The van der Waals surface area contributed by atoms with Gasteiger partial charge in [-0.05, 0) is 13.1 Å². The lowest BCUT2D eigenvalue weighted by molar-refractivity contribution is 0.00667. The summed E-state index contributed by atoms with van der Waals surface area (Å²) in [6.07, 6.45) is 3.14. The number of aromatic amines is 1. The monoisotopic (exact) mass is 275 g/mol. The molecule has 7 heteroatoms. The van der Waals surface area contributed by atoms with Gasteiger partial charge in [-0.15, -0.1) is 0 Å². The van der Waals surface area contributed by atoms with Crippen molar-refractivity contribution in [2.45, 2.75) is 6.04 Å². The molecule has 1 fully saturated rings. The second-order valence-electron chi connectivity index (χ2n) is 4.88. The molecule has 2 aromatic rings. The van der Waals surface area contributed by atoms with Crippen LogP contribution in [0.4, 0.5) is 0 Å². The number of aromatic nitrogens is 3. The zero-order valence-corrected chi connectivity index (χ0v) is 11.3.